The van der Waals surface area contributed by atoms with Gasteiger partial charge in [-0.3, -0.25) is 4.79 Å². The first kappa shape index (κ1) is 15.4. The lowest BCUT2D eigenvalue weighted by Crippen LogP contribution is -2.43. The molecule has 0 radical (unpaired) electrons. The lowest BCUT2D eigenvalue weighted by Gasteiger charge is -2.21. The minimum atomic E-state index is -0.137. The van der Waals surface area contributed by atoms with Crippen LogP contribution in [0.3, 0.4) is 0 Å². The van der Waals surface area contributed by atoms with Gasteiger partial charge >= 0.3 is 5.97 Å². The molecule has 0 fully saturated rings. The Balaban J connectivity index is 4.00. The molecular weight excluding hydrogens is 202 g/mol. The summed E-state index contributed by atoms with van der Waals surface area (Å²) >= 11 is 0. The number of hydrogen-bond acceptors (Lipinski definition) is 3. The molecule has 0 rings (SSSR count). The Morgan fingerprint density at radius 3 is 2.19 bits per heavy atom. The normalized spacial score (nSPS) is 12.8. The molecule has 0 heterocycles. The van der Waals surface area contributed by atoms with E-state index in [4.69, 9.17) is 4.74 Å². The Morgan fingerprint density at radius 1 is 1.12 bits per heavy atom. The SMILES string of the molecule is CCCCOC(=O)C(CC)NC(CC)CC. The summed E-state index contributed by atoms with van der Waals surface area (Å²) in [5.41, 5.74) is 0. The van der Waals surface area contributed by atoms with Crippen LogP contribution in [0.5, 0.6) is 0 Å². The number of carbonyl (C=O) groups excluding carboxylic acids is 1. The first-order valence-electron chi connectivity index (χ1n) is 6.62. The fourth-order valence-corrected chi connectivity index (χ4v) is 1.58. The smallest absolute Gasteiger partial charge is 0.323 e. The fourth-order valence-electron chi connectivity index (χ4n) is 1.58. The maximum Gasteiger partial charge on any atom is 0.323 e. The summed E-state index contributed by atoms with van der Waals surface area (Å²) in [7, 11) is 0. The quantitative estimate of drug-likeness (QED) is 0.488. The van der Waals surface area contributed by atoms with E-state index in [0.717, 1.165) is 32.1 Å². The molecule has 0 saturated carbocycles. The molecule has 0 aromatic heterocycles. The van der Waals surface area contributed by atoms with Gasteiger partial charge in [0.1, 0.15) is 6.04 Å². The van der Waals surface area contributed by atoms with Crippen molar-refractivity contribution in [1.29, 1.82) is 0 Å². The van der Waals surface area contributed by atoms with E-state index in [2.05, 4.69) is 26.1 Å². The second-order valence-electron chi connectivity index (χ2n) is 4.16. The molecule has 0 aliphatic heterocycles. The third-order valence-electron chi connectivity index (χ3n) is 2.86. The van der Waals surface area contributed by atoms with Crippen LogP contribution in [0.25, 0.3) is 0 Å². The molecule has 0 amide bonds. The number of nitrogens with one attached hydrogen (secondary N) is 1. The van der Waals surface area contributed by atoms with Gasteiger partial charge in [-0.05, 0) is 25.7 Å². The Morgan fingerprint density at radius 2 is 1.75 bits per heavy atom. The predicted molar refractivity (Wildman–Crippen MR) is 67.5 cm³/mol. The monoisotopic (exact) mass is 229 g/mol. The number of ether oxygens (including phenoxy) is 1. The van der Waals surface area contributed by atoms with Crippen molar-refractivity contribution >= 4 is 5.97 Å². The van der Waals surface area contributed by atoms with Gasteiger partial charge in [-0.1, -0.05) is 34.1 Å². The number of esters is 1. The Labute approximate surface area is 99.9 Å². The highest BCUT2D eigenvalue weighted by molar-refractivity contribution is 5.75. The van der Waals surface area contributed by atoms with Crippen molar-refractivity contribution in [2.75, 3.05) is 6.61 Å². The molecule has 3 heteroatoms. The predicted octanol–water partition coefficient (Wildman–Crippen LogP) is 2.89. The first-order chi connectivity index (χ1) is 7.69. The molecule has 0 aromatic carbocycles. The molecule has 0 aromatic rings. The average Bonchev–Trinajstić information content (AvgIpc) is 2.31. The second-order valence-corrected chi connectivity index (χ2v) is 4.16. The van der Waals surface area contributed by atoms with E-state index in [1.165, 1.54) is 0 Å². The Kier molecular flexibility index (Phi) is 9.30. The molecule has 0 spiro atoms. The van der Waals surface area contributed by atoms with Crippen molar-refractivity contribution < 1.29 is 9.53 Å². The van der Waals surface area contributed by atoms with Crippen LogP contribution in [-0.4, -0.2) is 24.7 Å². The number of hydrogen-bond donors (Lipinski definition) is 1. The molecule has 3 nitrogen and oxygen atoms in total. The molecule has 1 N–H and O–H groups in total. The van der Waals surface area contributed by atoms with Crippen LogP contribution < -0.4 is 5.32 Å². The molecule has 0 saturated heterocycles. The largest absolute Gasteiger partial charge is 0.465 e. The Hall–Kier alpha value is -0.570. The van der Waals surface area contributed by atoms with Crippen LogP contribution >= 0.6 is 0 Å². The van der Waals surface area contributed by atoms with Crippen molar-refractivity contribution in [2.24, 2.45) is 0 Å². The number of rotatable bonds is 9. The summed E-state index contributed by atoms with van der Waals surface area (Å²) in [6, 6.07) is 0.283. The molecule has 1 atom stereocenters. The Bertz CT molecular complexity index is 179. The maximum absolute atomic E-state index is 11.7. The summed E-state index contributed by atoms with van der Waals surface area (Å²) in [5, 5.41) is 3.36. The third-order valence-corrected chi connectivity index (χ3v) is 2.86. The van der Waals surface area contributed by atoms with E-state index in [-0.39, 0.29) is 12.0 Å². The fraction of sp³-hybridized carbons (Fsp3) is 0.923. The molecule has 96 valence electrons. The van der Waals surface area contributed by atoms with Crippen molar-refractivity contribution in [3.8, 4) is 0 Å². The zero-order chi connectivity index (χ0) is 12.4. The maximum atomic E-state index is 11.7. The zero-order valence-corrected chi connectivity index (χ0v) is 11.2. The van der Waals surface area contributed by atoms with Crippen molar-refractivity contribution in [2.45, 2.75) is 71.9 Å². The van der Waals surface area contributed by atoms with Gasteiger partial charge in [0.15, 0.2) is 0 Å². The van der Waals surface area contributed by atoms with Gasteiger partial charge < -0.3 is 10.1 Å². The van der Waals surface area contributed by atoms with Crippen molar-refractivity contribution in [1.82, 2.24) is 5.32 Å². The van der Waals surface area contributed by atoms with E-state index in [9.17, 15) is 4.79 Å². The van der Waals surface area contributed by atoms with E-state index in [1.54, 1.807) is 0 Å². The molecule has 0 bridgehead atoms. The highest BCUT2D eigenvalue weighted by atomic mass is 16.5. The minimum absolute atomic E-state index is 0.0946. The lowest BCUT2D eigenvalue weighted by atomic mass is 10.1. The van der Waals surface area contributed by atoms with Crippen molar-refractivity contribution in [3.05, 3.63) is 0 Å². The third kappa shape index (κ3) is 6.11. The van der Waals surface area contributed by atoms with E-state index >= 15 is 0 Å². The van der Waals surface area contributed by atoms with Gasteiger partial charge in [0, 0.05) is 6.04 Å². The highest BCUT2D eigenvalue weighted by Crippen LogP contribution is 2.03. The molecule has 1 unspecified atom stereocenters. The minimum Gasteiger partial charge on any atom is -0.465 e. The highest BCUT2D eigenvalue weighted by Gasteiger charge is 2.19. The summed E-state index contributed by atoms with van der Waals surface area (Å²) < 4.78 is 5.22. The molecule has 0 aliphatic rings. The van der Waals surface area contributed by atoms with Gasteiger partial charge in [0.05, 0.1) is 6.61 Å². The molecular formula is C13H27NO2. The van der Waals surface area contributed by atoms with Crippen LogP contribution in [-0.2, 0) is 9.53 Å². The summed E-state index contributed by atoms with van der Waals surface area (Å²) in [4.78, 5) is 11.7. The summed E-state index contributed by atoms with van der Waals surface area (Å²) in [6.07, 6.45) is 4.91. The zero-order valence-electron chi connectivity index (χ0n) is 11.2. The second kappa shape index (κ2) is 9.64. The summed E-state index contributed by atoms with van der Waals surface area (Å²) in [5.74, 6) is -0.0946. The average molecular weight is 229 g/mol. The van der Waals surface area contributed by atoms with Crippen LogP contribution in [0.2, 0.25) is 0 Å². The van der Waals surface area contributed by atoms with Crippen molar-refractivity contribution in [3.63, 3.8) is 0 Å². The number of unbranched alkanes of at least 4 members (excludes halogenated alkanes) is 1. The van der Waals surface area contributed by atoms with Crippen LogP contribution in [0.15, 0.2) is 0 Å². The van der Waals surface area contributed by atoms with E-state index in [0.29, 0.717) is 12.6 Å². The van der Waals surface area contributed by atoms with Gasteiger partial charge in [-0.25, -0.2) is 0 Å². The van der Waals surface area contributed by atoms with Crippen LogP contribution in [0.4, 0.5) is 0 Å². The molecule has 0 aliphatic carbocycles. The van der Waals surface area contributed by atoms with Crippen LogP contribution in [0, 0.1) is 0 Å². The van der Waals surface area contributed by atoms with Gasteiger partial charge in [0.2, 0.25) is 0 Å². The van der Waals surface area contributed by atoms with Crippen LogP contribution in [0.1, 0.15) is 59.8 Å². The summed E-state index contributed by atoms with van der Waals surface area (Å²) in [6.45, 7) is 8.93. The van der Waals surface area contributed by atoms with Gasteiger partial charge in [-0.15, -0.1) is 0 Å². The van der Waals surface area contributed by atoms with E-state index < -0.39 is 0 Å². The number of carbonyl (C=O) groups is 1. The topological polar surface area (TPSA) is 38.3 Å². The van der Waals surface area contributed by atoms with Gasteiger partial charge in [0.25, 0.3) is 0 Å². The van der Waals surface area contributed by atoms with E-state index in [1.807, 2.05) is 6.92 Å². The van der Waals surface area contributed by atoms with Gasteiger partial charge in [-0.2, -0.15) is 0 Å². The lowest BCUT2D eigenvalue weighted by molar-refractivity contribution is -0.146. The molecule has 16 heavy (non-hydrogen) atoms. The standard InChI is InChI=1S/C13H27NO2/c1-5-9-10-16-13(15)12(8-4)14-11(6-2)7-3/h11-12,14H,5-10H2,1-4H3. The first-order valence-corrected chi connectivity index (χ1v) is 6.62.